The minimum absolute atomic E-state index is 0.445. The van der Waals surface area contributed by atoms with Gasteiger partial charge in [-0.3, -0.25) is 0 Å². The summed E-state index contributed by atoms with van der Waals surface area (Å²) in [6, 6.07) is 6.02. The predicted molar refractivity (Wildman–Crippen MR) is 64.0 cm³/mol. The maximum Gasteiger partial charge on any atom is 0.135 e. The normalized spacial score (nSPS) is 18.0. The summed E-state index contributed by atoms with van der Waals surface area (Å²) in [5.74, 6) is 0.974. The summed E-state index contributed by atoms with van der Waals surface area (Å²) in [6.45, 7) is 2.93. The fourth-order valence-corrected chi connectivity index (χ4v) is 2.25. The van der Waals surface area contributed by atoms with Crippen molar-refractivity contribution in [3.63, 3.8) is 0 Å². The monoisotopic (exact) mass is 230 g/mol. The minimum Gasteiger partial charge on any atom is -0.379 e. The van der Waals surface area contributed by atoms with Gasteiger partial charge in [0.1, 0.15) is 12.1 Å². The van der Waals surface area contributed by atoms with Crippen LogP contribution in [-0.2, 0) is 22.0 Å². The molecule has 88 valence electrons. The molecule has 0 saturated carbocycles. The lowest BCUT2D eigenvalue weighted by molar-refractivity contribution is -0.129. The number of carbonyl (C=O) groups excluding carboxylic acids is 1. The molecule has 0 bridgehead atoms. The second-order valence-corrected chi connectivity index (χ2v) is 4.69. The first-order valence-corrected chi connectivity index (χ1v) is 5.64. The van der Waals surface area contributed by atoms with Crippen molar-refractivity contribution in [3.05, 3.63) is 29.6 Å². The van der Waals surface area contributed by atoms with Crippen LogP contribution in [0.5, 0.6) is 0 Å². The van der Waals surface area contributed by atoms with Crippen molar-refractivity contribution in [1.29, 1.82) is 0 Å². The summed E-state index contributed by atoms with van der Waals surface area (Å²) >= 11 is 0. The van der Waals surface area contributed by atoms with Gasteiger partial charge in [-0.2, -0.15) is 0 Å². The lowest BCUT2D eigenvalue weighted by atomic mass is 9.80. The van der Waals surface area contributed by atoms with Crippen molar-refractivity contribution in [2.75, 3.05) is 13.2 Å². The van der Waals surface area contributed by atoms with Gasteiger partial charge in [-0.05, 0) is 24.6 Å². The third-order valence-corrected chi connectivity index (χ3v) is 3.62. The Morgan fingerprint density at radius 2 is 2.24 bits per heavy atom. The fourth-order valence-electron chi connectivity index (χ4n) is 2.25. The molecule has 0 atom stereocenters. The highest BCUT2D eigenvalue weighted by molar-refractivity contribution is 5.80. The Kier molecular flexibility index (Phi) is 2.10. The van der Waals surface area contributed by atoms with Crippen LogP contribution >= 0.6 is 0 Å². The van der Waals surface area contributed by atoms with Crippen molar-refractivity contribution >= 4 is 17.3 Å². The Bertz CT molecular complexity index is 597. The van der Waals surface area contributed by atoms with E-state index in [9.17, 15) is 4.79 Å². The SMILES string of the molecule is Cc1nc2cc(C3(C=O)COC3)ccc2n1C. The van der Waals surface area contributed by atoms with Gasteiger partial charge in [-0.25, -0.2) is 4.98 Å². The lowest BCUT2D eigenvalue weighted by Crippen LogP contribution is -2.48. The first-order chi connectivity index (χ1) is 8.16. The molecular weight excluding hydrogens is 216 g/mol. The molecule has 0 amide bonds. The molecule has 2 aromatic rings. The van der Waals surface area contributed by atoms with E-state index in [1.54, 1.807) is 0 Å². The topological polar surface area (TPSA) is 44.1 Å². The molecule has 0 spiro atoms. The van der Waals surface area contributed by atoms with E-state index in [4.69, 9.17) is 4.74 Å². The molecule has 1 fully saturated rings. The van der Waals surface area contributed by atoms with Gasteiger partial charge in [-0.15, -0.1) is 0 Å². The Morgan fingerprint density at radius 1 is 1.47 bits per heavy atom. The van der Waals surface area contributed by atoms with Crippen LogP contribution in [0.25, 0.3) is 11.0 Å². The quantitative estimate of drug-likeness (QED) is 0.731. The standard InChI is InChI=1S/C13H14N2O2/c1-9-14-11-5-10(3-4-12(11)15(9)2)13(6-16)7-17-8-13/h3-6H,7-8H2,1-2H3. The van der Waals surface area contributed by atoms with Crippen LogP contribution in [0.4, 0.5) is 0 Å². The van der Waals surface area contributed by atoms with E-state index in [-0.39, 0.29) is 0 Å². The van der Waals surface area contributed by atoms with Crippen LogP contribution in [0.1, 0.15) is 11.4 Å². The molecule has 1 saturated heterocycles. The molecule has 0 N–H and O–H groups in total. The third-order valence-electron chi connectivity index (χ3n) is 3.62. The average molecular weight is 230 g/mol. The molecule has 1 aromatic heterocycles. The van der Waals surface area contributed by atoms with Crippen LogP contribution in [0.3, 0.4) is 0 Å². The smallest absolute Gasteiger partial charge is 0.135 e. The van der Waals surface area contributed by atoms with Crippen molar-refractivity contribution in [2.24, 2.45) is 7.05 Å². The zero-order valence-corrected chi connectivity index (χ0v) is 9.93. The number of aldehydes is 1. The number of hydrogen-bond donors (Lipinski definition) is 0. The number of nitrogens with zero attached hydrogens (tertiary/aromatic N) is 2. The lowest BCUT2D eigenvalue weighted by Gasteiger charge is -2.36. The van der Waals surface area contributed by atoms with Crippen molar-refractivity contribution in [3.8, 4) is 0 Å². The number of fused-ring (bicyclic) bond motifs is 1. The molecule has 3 rings (SSSR count). The van der Waals surface area contributed by atoms with E-state index in [1.807, 2.05) is 36.7 Å². The summed E-state index contributed by atoms with van der Waals surface area (Å²) in [6.07, 6.45) is 0.994. The number of carbonyl (C=O) groups is 1. The summed E-state index contributed by atoms with van der Waals surface area (Å²) in [7, 11) is 1.99. The van der Waals surface area contributed by atoms with E-state index in [1.165, 1.54) is 0 Å². The van der Waals surface area contributed by atoms with Crippen LogP contribution < -0.4 is 0 Å². The Morgan fingerprint density at radius 3 is 2.82 bits per heavy atom. The van der Waals surface area contributed by atoms with E-state index in [0.717, 1.165) is 28.7 Å². The van der Waals surface area contributed by atoms with Gasteiger partial charge in [0.2, 0.25) is 0 Å². The van der Waals surface area contributed by atoms with Gasteiger partial charge in [-0.1, -0.05) is 6.07 Å². The molecule has 0 aliphatic carbocycles. The average Bonchev–Trinajstić information content (AvgIpc) is 2.54. The molecule has 4 heteroatoms. The minimum atomic E-state index is -0.445. The van der Waals surface area contributed by atoms with E-state index < -0.39 is 5.41 Å². The van der Waals surface area contributed by atoms with Gasteiger partial charge >= 0.3 is 0 Å². The second kappa shape index (κ2) is 3.40. The molecule has 1 aliphatic heterocycles. The van der Waals surface area contributed by atoms with Gasteiger partial charge < -0.3 is 14.1 Å². The second-order valence-electron chi connectivity index (χ2n) is 4.69. The fraction of sp³-hybridized carbons (Fsp3) is 0.385. The zero-order chi connectivity index (χ0) is 12.0. The van der Waals surface area contributed by atoms with E-state index >= 15 is 0 Å². The Balaban J connectivity index is 2.16. The van der Waals surface area contributed by atoms with Crippen LogP contribution in [0.15, 0.2) is 18.2 Å². The van der Waals surface area contributed by atoms with Crippen molar-refractivity contribution in [2.45, 2.75) is 12.3 Å². The highest BCUT2D eigenvalue weighted by Gasteiger charge is 2.40. The number of ether oxygens (including phenoxy) is 1. The van der Waals surface area contributed by atoms with Gasteiger partial charge in [0.05, 0.1) is 29.7 Å². The van der Waals surface area contributed by atoms with Gasteiger partial charge in [0.15, 0.2) is 0 Å². The molecule has 1 aromatic carbocycles. The first kappa shape index (κ1) is 10.5. The summed E-state index contributed by atoms with van der Waals surface area (Å²) < 4.78 is 7.21. The third kappa shape index (κ3) is 1.34. The Hall–Kier alpha value is -1.68. The van der Waals surface area contributed by atoms with E-state index in [2.05, 4.69) is 4.98 Å². The number of aryl methyl sites for hydroxylation is 2. The number of hydrogen-bond acceptors (Lipinski definition) is 3. The molecule has 4 nitrogen and oxygen atoms in total. The largest absolute Gasteiger partial charge is 0.379 e. The zero-order valence-electron chi connectivity index (χ0n) is 9.93. The highest BCUT2D eigenvalue weighted by atomic mass is 16.5. The van der Waals surface area contributed by atoms with Crippen LogP contribution in [0, 0.1) is 6.92 Å². The molecule has 2 heterocycles. The van der Waals surface area contributed by atoms with E-state index in [0.29, 0.717) is 13.2 Å². The first-order valence-electron chi connectivity index (χ1n) is 5.64. The molecule has 0 radical (unpaired) electrons. The maximum absolute atomic E-state index is 11.2. The summed E-state index contributed by atoms with van der Waals surface area (Å²) in [5, 5.41) is 0. The van der Waals surface area contributed by atoms with Gasteiger partial charge in [0.25, 0.3) is 0 Å². The highest BCUT2D eigenvalue weighted by Crippen LogP contribution is 2.32. The van der Waals surface area contributed by atoms with Crippen molar-refractivity contribution in [1.82, 2.24) is 9.55 Å². The van der Waals surface area contributed by atoms with Crippen LogP contribution in [-0.4, -0.2) is 29.1 Å². The summed E-state index contributed by atoms with van der Waals surface area (Å²) in [4.78, 5) is 15.7. The predicted octanol–water partition coefficient (Wildman–Crippen LogP) is 1.35. The van der Waals surface area contributed by atoms with Crippen LogP contribution in [0.2, 0.25) is 0 Å². The number of imidazole rings is 1. The number of aromatic nitrogens is 2. The molecular formula is C13H14N2O2. The molecule has 0 unspecified atom stereocenters. The molecule has 17 heavy (non-hydrogen) atoms. The summed E-state index contributed by atoms with van der Waals surface area (Å²) in [5.41, 5.74) is 2.59. The maximum atomic E-state index is 11.2. The molecule has 1 aliphatic rings. The number of benzene rings is 1. The number of rotatable bonds is 2. The van der Waals surface area contributed by atoms with Crippen molar-refractivity contribution < 1.29 is 9.53 Å². The van der Waals surface area contributed by atoms with Gasteiger partial charge in [0, 0.05) is 7.05 Å². The Labute approximate surface area is 99.2 Å².